The number of aromatic nitrogens is 2. The second-order valence-corrected chi connectivity index (χ2v) is 4.15. The maximum Gasteiger partial charge on any atom is 0.163 e. The van der Waals surface area contributed by atoms with Gasteiger partial charge in [0.05, 0.1) is 6.10 Å². The largest absolute Gasteiger partial charge is 0.372 e. The predicted molar refractivity (Wildman–Crippen MR) is 76.0 cm³/mol. The summed E-state index contributed by atoms with van der Waals surface area (Å²) in [6.45, 7) is 3.20. The highest BCUT2D eigenvalue weighted by Crippen LogP contribution is 2.17. The van der Waals surface area contributed by atoms with Gasteiger partial charge in [0.1, 0.15) is 11.9 Å². The van der Waals surface area contributed by atoms with Crippen molar-refractivity contribution < 1.29 is 4.74 Å². The standard InChI is InChI=1S/C15H16N4O/c1-2-20-14(12-6-4-3-5-7-12)11-17-15-9-8-13(10-16)18-19-15/h3-9,14H,2,11H2,1H3,(H,17,19). The summed E-state index contributed by atoms with van der Waals surface area (Å²) in [6.07, 6.45) is -0.0429. The minimum Gasteiger partial charge on any atom is -0.372 e. The lowest BCUT2D eigenvalue weighted by Crippen LogP contribution is -2.16. The molecule has 1 atom stereocenters. The van der Waals surface area contributed by atoms with E-state index in [1.54, 1.807) is 12.1 Å². The van der Waals surface area contributed by atoms with Crippen LogP contribution in [0.25, 0.3) is 0 Å². The molecule has 1 unspecified atom stereocenters. The first-order chi connectivity index (χ1) is 9.83. The fourth-order valence-electron chi connectivity index (χ4n) is 1.83. The van der Waals surface area contributed by atoms with Crippen molar-refractivity contribution in [1.82, 2.24) is 10.2 Å². The molecule has 20 heavy (non-hydrogen) atoms. The number of anilines is 1. The summed E-state index contributed by atoms with van der Waals surface area (Å²) in [5.74, 6) is 0.629. The molecule has 0 radical (unpaired) electrons. The number of ether oxygens (including phenoxy) is 1. The van der Waals surface area contributed by atoms with Crippen LogP contribution in [0.5, 0.6) is 0 Å². The van der Waals surface area contributed by atoms with Crippen LogP contribution >= 0.6 is 0 Å². The lowest BCUT2D eigenvalue weighted by atomic mass is 10.1. The zero-order valence-corrected chi connectivity index (χ0v) is 11.3. The van der Waals surface area contributed by atoms with Crippen LogP contribution < -0.4 is 5.32 Å². The topological polar surface area (TPSA) is 70.8 Å². The zero-order chi connectivity index (χ0) is 14.2. The third kappa shape index (κ3) is 3.77. The lowest BCUT2D eigenvalue weighted by Gasteiger charge is -2.18. The minimum atomic E-state index is -0.0429. The van der Waals surface area contributed by atoms with Gasteiger partial charge in [-0.1, -0.05) is 30.3 Å². The highest BCUT2D eigenvalue weighted by atomic mass is 16.5. The molecule has 0 aliphatic carbocycles. The van der Waals surface area contributed by atoms with E-state index < -0.39 is 0 Å². The molecule has 5 heteroatoms. The van der Waals surface area contributed by atoms with Gasteiger partial charge in [0.15, 0.2) is 5.69 Å². The SMILES string of the molecule is CCOC(CNc1ccc(C#N)nn1)c1ccccc1. The molecule has 5 nitrogen and oxygen atoms in total. The highest BCUT2D eigenvalue weighted by molar-refractivity contribution is 5.36. The number of hydrogen-bond acceptors (Lipinski definition) is 5. The van der Waals surface area contributed by atoms with Crippen LogP contribution in [0, 0.1) is 11.3 Å². The molecule has 0 aliphatic heterocycles. The van der Waals surface area contributed by atoms with E-state index in [2.05, 4.69) is 15.5 Å². The minimum absolute atomic E-state index is 0.0429. The Balaban J connectivity index is 2.00. The molecular formula is C15H16N4O. The average molecular weight is 268 g/mol. The summed E-state index contributed by atoms with van der Waals surface area (Å²) in [4.78, 5) is 0. The third-order valence-electron chi connectivity index (χ3n) is 2.79. The second-order valence-electron chi connectivity index (χ2n) is 4.15. The lowest BCUT2D eigenvalue weighted by molar-refractivity contribution is 0.0718. The van der Waals surface area contributed by atoms with E-state index >= 15 is 0 Å². The molecule has 0 bridgehead atoms. The van der Waals surface area contributed by atoms with E-state index in [9.17, 15) is 0 Å². The summed E-state index contributed by atoms with van der Waals surface area (Å²) >= 11 is 0. The fraction of sp³-hybridized carbons (Fsp3) is 0.267. The predicted octanol–water partition coefficient (Wildman–Crippen LogP) is 2.54. The average Bonchev–Trinajstić information content (AvgIpc) is 2.53. The van der Waals surface area contributed by atoms with E-state index in [-0.39, 0.29) is 6.10 Å². The number of hydrogen-bond donors (Lipinski definition) is 1. The van der Waals surface area contributed by atoms with Gasteiger partial charge in [0.25, 0.3) is 0 Å². The van der Waals surface area contributed by atoms with Crippen molar-refractivity contribution in [3.8, 4) is 6.07 Å². The molecule has 2 rings (SSSR count). The molecule has 1 aromatic carbocycles. The normalized spacial score (nSPS) is 11.6. The Labute approximate surface area is 118 Å². The molecule has 0 amide bonds. The van der Waals surface area contributed by atoms with E-state index in [1.165, 1.54) is 0 Å². The van der Waals surface area contributed by atoms with E-state index in [4.69, 9.17) is 10.00 Å². The number of nitriles is 1. The molecule has 1 N–H and O–H groups in total. The molecule has 1 aromatic heterocycles. The van der Waals surface area contributed by atoms with Crippen molar-refractivity contribution in [3.05, 3.63) is 53.7 Å². The maximum absolute atomic E-state index is 8.67. The van der Waals surface area contributed by atoms with Crippen molar-refractivity contribution in [2.45, 2.75) is 13.0 Å². The van der Waals surface area contributed by atoms with E-state index in [1.807, 2.05) is 43.3 Å². The second kappa shape index (κ2) is 7.22. The van der Waals surface area contributed by atoms with Crippen molar-refractivity contribution in [2.75, 3.05) is 18.5 Å². The smallest absolute Gasteiger partial charge is 0.163 e. The van der Waals surface area contributed by atoms with Crippen molar-refractivity contribution >= 4 is 5.82 Å². The number of nitrogens with zero attached hydrogens (tertiary/aromatic N) is 3. The maximum atomic E-state index is 8.67. The first kappa shape index (κ1) is 14.0. The summed E-state index contributed by atoms with van der Waals surface area (Å²) in [7, 11) is 0. The van der Waals surface area contributed by atoms with Crippen LogP contribution in [0.2, 0.25) is 0 Å². The Kier molecular flexibility index (Phi) is 5.04. The summed E-state index contributed by atoms with van der Waals surface area (Å²) < 4.78 is 5.73. The molecule has 0 spiro atoms. The third-order valence-corrected chi connectivity index (χ3v) is 2.79. The molecular weight excluding hydrogens is 252 g/mol. The summed E-state index contributed by atoms with van der Waals surface area (Å²) in [6, 6.07) is 15.3. The van der Waals surface area contributed by atoms with Gasteiger partial charge in [0.2, 0.25) is 0 Å². The number of benzene rings is 1. The van der Waals surface area contributed by atoms with Crippen LogP contribution in [-0.2, 0) is 4.74 Å². The molecule has 2 aromatic rings. The fourth-order valence-corrected chi connectivity index (χ4v) is 1.83. The first-order valence-electron chi connectivity index (χ1n) is 6.47. The van der Waals surface area contributed by atoms with Gasteiger partial charge in [0, 0.05) is 13.2 Å². The highest BCUT2D eigenvalue weighted by Gasteiger charge is 2.11. The van der Waals surface area contributed by atoms with Crippen molar-refractivity contribution in [2.24, 2.45) is 0 Å². The molecule has 1 heterocycles. The molecule has 0 aliphatic rings. The Morgan fingerprint density at radius 2 is 2.00 bits per heavy atom. The van der Waals surface area contributed by atoms with Gasteiger partial charge in [-0.05, 0) is 24.6 Å². The summed E-state index contributed by atoms with van der Waals surface area (Å²) in [5, 5.41) is 19.6. The number of nitrogens with one attached hydrogen (secondary N) is 1. The molecule has 0 saturated carbocycles. The van der Waals surface area contributed by atoms with Crippen LogP contribution in [0.15, 0.2) is 42.5 Å². The van der Waals surface area contributed by atoms with Gasteiger partial charge in [-0.2, -0.15) is 5.26 Å². The molecule has 0 fully saturated rings. The van der Waals surface area contributed by atoms with Crippen LogP contribution in [-0.4, -0.2) is 23.3 Å². The number of rotatable bonds is 6. The molecule has 102 valence electrons. The Morgan fingerprint density at radius 3 is 2.60 bits per heavy atom. The Morgan fingerprint density at radius 1 is 1.20 bits per heavy atom. The van der Waals surface area contributed by atoms with Gasteiger partial charge >= 0.3 is 0 Å². The van der Waals surface area contributed by atoms with Gasteiger partial charge in [-0.25, -0.2) is 0 Å². The monoisotopic (exact) mass is 268 g/mol. The van der Waals surface area contributed by atoms with Gasteiger partial charge < -0.3 is 10.1 Å². The van der Waals surface area contributed by atoms with E-state index in [0.717, 1.165) is 5.56 Å². The van der Waals surface area contributed by atoms with Crippen molar-refractivity contribution in [1.29, 1.82) is 5.26 Å². The van der Waals surface area contributed by atoms with Crippen LogP contribution in [0.3, 0.4) is 0 Å². The van der Waals surface area contributed by atoms with Crippen LogP contribution in [0.1, 0.15) is 24.3 Å². The van der Waals surface area contributed by atoms with Gasteiger partial charge in [-0.3, -0.25) is 0 Å². The van der Waals surface area contributed by atoms with Crippen LogP contribution in [0.4, 0.5) is 5.82 Å². The van der Waals surface area contributed by atoms with Crippen molar-refractivity contribution in [3.63, 3.8) is 0 Å². The molecule has 0 saturated heterocycles. The summed E-state index contributed by atoms with van der Waals surface area (Å²) in [5.41, 5.74) is 1.42. The quantitative estimate of drug-likeness (QED) is 0.871. The zero-order valence-electron chi connectivity index (χ0n) is 11.3. The Bertz CT molecular complexity index is 563. The van der Waals surface area contributed by atoms with E-state index in [0.29, 0.717) is 24.7 Å². The Hall–Kier alpha value is -2.45. The van der Waals surface area contributed by atoms with Gasteiger partial charge in [-0.15, -0.1) is 10.2 Å². The first-order valence-corrected chi connectivity index (χ1v) is 6.47.